The third kappa shape index (κ3) is 4.49. The summed E-state index contributed by atoms with van der Waals surface area (Å²) in [5.74, 6) is 0.985. The molecule has 2 aromatic rings. The number of halogens is 1. The van der Waals surface area contributed by atoms with E-state index in [2.05, 4.69) is 5.32 Å². The molecule has 2 amide bonds. The van der Waals surface area contributed by atoms with Crippen LogP contribution in [0.2, 0.25) is 5.02 Å². The number of ether oxygens (including phenoxy) is 2. The maximum absolute atomic E-state index is 13.2. The van der Waals surface area contributed by atoms with Crippen LogP contribution in [0.5, 0.6) is 11.5 Å². The average molecular weight is 443 g/mol. The monoisotopic (exact) mass is 442 g/mol. The van der Waals surface area contributed by atoms with Crippen molar-refractivity contribution in [3.63, 3.8) is 0 Å². The standard InChI is InChI=1S/C24H27ClN2O4/c1-30-21-9-5-7-16(22(21)31-2)18-13-27(24(29)17-6-3-4-8-20(17)25)14-19(18)23(28)26-12-15-10-11-15/h3-9,15,18-19H,10-14H2,1-2H3,(H,26,28)/t18-,19-/m1/s1. The molecular formula is C24H27ClN2O4. The van der Waals surface area contributed by atoms with Gasteiger partial charge in [0.05, 0.1) is 30.7 Å². The average Bonchev–Trinajstić information content (AvgIpc) is 3.52. The Labute approximate surface area is 187 Å². The molecule has 1 saturated carbocycles. The number of hydrogen-bond acceptors (Lipinski definition) is 4. The molecule has 0 bridgehead atoms. The van der Waals surface area contributed by atoms with Gasteiger partial charge in [0.1, 0.15) is 0 Å². The lowest BCUT2D eigenvalue weighted by molar-refractivity contribution is -0.125. The van der Waals surface area contributed by atoms with E-state index in [-0.39, 0.29) is 23.7 Å². The van der Waals surface area contributed by atoms with Crippen LogP contribution in [0.4, 0.5) is 0 Å². The molecule has 2 aromatic carbocycles. The molecule has 0 spiro atoms. The zero-order chi connectivity index (χ0) is 22.0. The summed E-state index contributed by atoms with van der Waals surface area (Å²) < 4.78 is 11.1. The predicted octanol–water partition coefficient (Wildman–Crippen LogP) is 3.74. The van der Waals surface area contributed by atoms with Gasteiger partial charge in [-0.3, -0.25) is 9.59 Å². The van der Waals surface area contributed by atoms with Crippen molar-refractivity contribution >= 4 is 23.4 Å². The number of benzene rings is 2. The van der Waals surface area contributed by atoms with Crippen LogP contribution in [0, 0.1) is 11.8 Å². The van der Waals surface area contributed by atoms with Crippen LogP contribution in [0.25, 0.3) is 0 Å². The van der Waals surface area contributed by atoms with Crippen molar-refractivity contribution in [3.8, 4) is 11.5 Å². The summed E-state index contributed by atoms with van der Waals surface area (Å²) in [6.45, 7) is 1.41. The van der Waals surface area contributed by atoms with Crippen LogP contribution in [-0.2, 0) is 4.79 Å². The maximum atomic E-state index is 13.2. The summed E-state index contributed by atoms with van der Waals surface area (Å²) in [7, 11) is 3.18. The Morgan fingerprint density at radius 2 is 1.84 bits per heavy atom. The molecular weight excluding hydrogens is 416 g/mol. The van der Waals surface area contributed by atoms with E-state index >= 15 is 0 Å². The molecule has 164 valence electrons. The molecule has 1 aliphatic heterocycles. The zero-order valence-corrected chi connectivity index (χ0v) is 18.5. The van der Waals surface area contributed by atoms with Gasteiger partial charge in [-0.25, -0.2) is 0 Å². The lowest BCUT2D eigenvalue weighted by Gasteiger charge is -2.21. The molecule has 2 atom stereocenters. The summed E-state index contributed by atoms with van der Waals surface area (Å²) in [6.07, 6.45) is 2.32. The number of methoxy groups -OCH3 is 2. The molecule has 7 heteroatoms. The van der Waals surface area contributed by atoms with Gasteiger partial charge in [-0.1, -0.05) is 35.9 Å². The molecule has 2 aliphatic rings. The minimum absolute atomic E-state index is 0.0313. The van der Waals surface area contributed by atoms with Crippen LogP contribution in [0.3, 0.4) is 0 Å². The Morgan fingerprint density at radius 3 is 2.52 bits per heavy atom. The van der Waals surface area contributed by atoms with Crippen LogP contribution < -0.4 is 14.8 Å². The molecule has 0 unspecified atom stereocenters. The molecule has 6 nitrogen and oxygen atoms in total. The van der Waals surface area contributed by atoms with Crippen LogP contribution in [-0.4, -0.2) is 50.6 Å². The van der Waals surface area contributed by atoms with Crippen LogP contribution in [0.15, 0.2) is 42.5 Å². The van der Waals surface area contributed by atoms with Crippen molar-refractivity contribution < 1.29 is 19.1 Å². The first-order chi connectivity index (χ1) is 15.0. The SMILES string of the molecule is COc1cccc([C@H]2CN(C(=O)c3ccccc3Cl)C[C@H]2C(=O)NCC2CC2)c1OC. The van der Waals surface area contributed by atoms with Crippen molar-refractivity contribution in [3.05, 3.63) is 58.6 Å². The summed E-state index contributed by atoms with van der Waals surface area (Å²) >= 11 is 6.27. The highest BCUT2D eigenvalue weighted by molar-refractivity contribution is 6.33. The molecule has 1 N–H and O–H groups in total. The zero-order valence-electron chi connectivity index (χ0n) is 17.8. The van der Waals surface area contributed by atoms with Gasteiger partial charge in [0.2, 0.25) is 5.91 Å². The van der Waals surface area contributed by atoms with Crippen molar-refractivity contribution in [2.75, 3.05) is 33.9 Å². The highest BCUT2D eigenvalue weighted by Gasteiger charge is 2.42. The summed E-state index contributed by atoms with van der Waals surface area (Å²) in [5, 5.41) is 3.50. The molecule has 0 aromatic heterocycles. The quantitative estimate of drug-likeness (QED) is 0.709. The molecule has 31 heavy (non-hydrogen) atoms. The van der Waals surface area contributed by atoms with E-state index in [4.69, 9.17) is 21.1 Å². The smallest absolute Gasteiger partial charge is 0.255 e. The molecule has 1 aliphatic carbocycles. The van der Waals surface area contributed by atoms with E-state index in [0.717, 1.165) is 18.4 Å². The lowest BCUT2D eigenvalue weighted by atomic mass is 9.87. The van der Waals surface area contributed by atoms with Crippen molar-refractivity contribution in [2.24, 2.45) is 11.8 Å². The van der Waals surface area contributed by atoms with E-state index in [1.807, 2.05) is 18.2 Å². The van der Waals surface area contributed by atoms with Gasteiger partial charge < -0.3 is 19.7 Å². The first kappa shape index (κ1) is 21.5. The summed E-state index contributed by atoms with van der Waals surface area (Å²) in [5.41, 5.74) is 1.31. The van der Waals surface area contributed by atoms with Gasteiger partial charge in [0, 0.05) is 31.1 Å². The topological polar surface area (TPSA) is 67.9 Å². The lowest BCUT2D eigenvalue weighted by Crippen LogP contribution is -2.36. The fourth-order valence-corrected chi connectivity index (χ4v) is 4.47. The van der Waals surface area contributed by atoms with E-state index < -0.39 is 0 Å². The van der Waals surface area contributed by atoms with Gasteiger partial charge in [-0.2, -0.15) is 0 Å². The molecule has 2 fully saturated rings. The highest BCUT2D eigenvalue weighted by Crippen LogP contribution is 2.42. The number of likely N-dealkylation sites (tertiary alicyclic amines) is 1. The fourth-order valence-electron chi connectivity index (χ4n) is 4.26. The minimum Gasteiger partial charge on any atom is -0.493 e. The predicted molar refractivity (Wildman–Crippen MR) is 119 cm³/mol. The molecule has 1 heterocycles. The van der Waals surface area contributed by atoms with Crippen LogP contribution in [0.1, 0.15) is 34.7 Å². The van der Waals surface area contributed by atoms with E-state index in [1.165, 1.54) is 0 Å². The Balaban J connectivity index is 1.64. The van der Waals surface area contributed by atoms with Crippen molar-refractivity contribution in [1.29, 1.82) is 0 Å². The van der Waals surface area contributed by atoms with Gasteiger partial charge in [0.15, 0.2) is 11.5 Å². The van der Waals surface area contributed by atoms with Crippen molar-refractivity contribution in [2.45, 2.75) is 18.8 Å². The van der Waals surface area contributed by atoms with E-state index in [1.54, 1.807) is 43.4 Å². The third-order valence-corrected chi connectivity index (χ3v) is 6.47. The number of carbonyl (C=O) groups is 2. The Hall–Kier alpha value is -2.73. The number of carbonyl (C=O) groups excluding carboxylic acids is 2. The number of para-hydroxylation sites is 1. The van der Waals surface area contributed by atoms with E-state index in [9.17, 15) is 9.59 Å². The Kier molecular flexibility index (Phi) is 6.37. The van der Waals surface area contributed by atoms with Gasteiger partial charge in [0.25, 0.3) is 5.91 Å². The second-order valence-electron chi connectivity index (χ2n) is 8.17. The van der Waals surface area contributed by atoms with Gasteiger partial charge >= 0.3 is 0 Å². The minimum atomic E-state index is -0.383. The largest absolute Gasteiger partial charge is 0.493 e. The Bertz CT molecular complexity index is 976. The Morgan fingerprint density at radius 1 is 1.06 bits per heavy atom. The first-order valence-electron chi connectivity index (χ1n) is 10.6. The third-order valence-electron chi connectivity index (χ3n) is 6.14. The van der Waals surface area contributed by atoms with Crippen molar-refractivity contribution in [1.82, 2.24) is 10.2 Å². The second-order valence-corrected chi connectivity index (χ2v) is 8.58. The number of nitrogens with zero attached hydrogens (tertiary/aromatic N) is 1. The summed E-state index contributed by atoms with van der Waals surface area (Å²) in [6, 6.07) is 12.6. The van der Waals surface area contributed by atoms with Crippen LogP contribution >= 0.6 is 11.6 Å². The first-order valence-corrected chi connectivity index (χ1v) is 10.9. The molecule has 0 radical (unpaired) electrons. The maximum Gasteiger partial charge on any atom is 0.255 e. The normalized spacial score (nSPS) is 20.4. The second kappa shape index (κ2) is 9.18. The van der Waals surface area contributed by atoms with Gasteiger partial charge in [-0.05, 0) is 37.0 Å². The van der Waals surface area contributed by atoms with E-state index in [0.29, 0.717) is 47.6 Å². The summed E-state index contributed by atoms with van der Waals surface area (Å²) in [4.78, 5) is 28.1. The van der Waals surface area contributed by atoms with Gasteiger partial charge in [-0.15, -0.1) is 0 Å². The molecule has 4 rings (SSSR count). The highest BCUT2D eigenvalue weighted by atomic mass is 35.5. The number of nitrogens with one attached hydrogen (secondary N) is 1. The molecule has 1 saturated heterocycles. The number of amides is 2. The number of hydrogen-bond donors (Lipinski definition) is 1. The fraction of sp³-hybridized carbons (Fsp3) is 0.417. The number of rotatable bonds is 7.